The van der Waals surface area contributed by atoms with Crippen LogP contribution in [-0.2, 0) is 21.2 Å². The van der Waals surface area contributed by atoms with E-state index in [0.717, 1.165) is 50.0 Å². The van der Waals surface area contributed by atoms with Gasteiger partial charge in [0, 0.05) is 35.9 Å². The summed E-state index contributed by atoms with van der Waals surface area (Å²) in [5, 5.41) is 5.89. The first-order valence-electron chi connectivity index (χ1n) is 11.4. The van der Waals surface area contributed by atoms with E-state index in [0.29, 0.717) is 31.4 Å². The number of piperidine rings is 1. The highest BCUT2D eigenvalue weighted by Gasteiger charge is 2.46. The Kier molecular flexibility index (Phi) is 5.52. The van der Waals surface area contributed by atoms with Crippen LogP contribution in [0.1, 0.15) is 54.4 Å². The number of anilines is 1. The molecule has 8 nitrogen and oxygen atoms in total. The second kappa shape index (κ2) is 8.18. The minimum absolute atomic E-state index is 0.0190. The molecule has 2 amide bonds. The molecule has 1 aromatic carbocycles. The molecule has 0 saturated carbocycles. The van der Waals surface area contributed by atoms with Crippen LogP contribution in [0.15, 0.2) is 18.2 Å². The third-order valence-electron chi connectivity index (χ3n) is 7.18. The summed E-state index contributed by atoms with van der Waals surface area (Å²) >= 11 is 0. The van der Waals surface area contributed by atoms with Crippen molar-refractivity contribution in [1.82, 2.24) is 14.5 Å². The van der Waals surface area contributed by atoms with E-state index >= 15 is 0 Å². The number of amides is 2. The molecule has 4 aliphatic heterocycles. The Hall–Kier alpha value is -1.97. The molecule has 5 rings (SSSR count). The molecular formula is C22H30N4O4S. The average Bonchev–Trinajstić information content (AvgIpc) is 3.43. The highest BCUT2D eigenvalue weighted by molar-refractivity contribution is 7.89. The number of carbonyl (C=O) groups is 2. The van der Waals surface area contributed by atoms with E-state index in [1.54, 1.807) is 22.5 Å². The van der Waals surface area contributed by atoms with E-state index in [1.165, 1.54) is 0 Å². The van der Waals surface area contributed by atoms with Crippen molar-refractivity contribution in [2.45, 2.75) is 63.1 Å². The SMILES string of the molecule is O=C1Cc2cc(C(=O)NC3C[C@H]4CC[C@@H](C3)N4S(=O)(=O)CCN3CCCC3)ccc2N1. The second-order valence-corrected chi connectivity index (χ2v) is 11.3. The molecular weight excluding hydrogens is 416 g/mol. The Balaban J connectivity index is 1.20. The standard InChI is InChI=1S/C22H30N4O4S/c27-21-12-16-11-15(3-6-20(16)24-21)22(28)23-17-13-18-4-5-19(14-17)26(18)31(29,30)10-9-25-7-1-2-8-25/h3,6,11,17-19H,1-2,4-5,7-10,12-14H2,(H,23,28)(H,24,27)/t17?,18-,19+. The summed E-state index contributed by atoms with van der Waals surface area (Å²) in [4.78, 5) is 26.6. The number of carbonyl (C=O) groups excluding carboxylic acids is 2. The molecule has 1 aromatic rings. The normalized spacial score (nSPS) is 28.5. The molecule has 1 unspecified atom stereocenters. The summed E-state index contributed by atoms with van der Waals surface area (Å²) in [7, 11) is -3.28. The number of likely N-dealkylation sites (tertiary alicyclic amines) is 1. The molecule has 168 valence electrons. The molecule has 0 aliphatic carbocycles. The van der Waals surface area contributed by atoms with Crippen molar-refractivity contribution < 1.29 is 18.0 Å². The average molecular weight is 447 g/mol. The van der Waals surface area contributed by atoms with Crippen molar-refractivity contribution in [1.29, 1.82) is 0 Å². The third kappa shape index (κ3) is 4.23. The lowest BCUT2D eigenvalue weighted by Crippen LogP contribution is -2.53. The van der Waals surface area contributed by atoms with E-state index in [1.807, 2.05) is 0 Å². The first-order chi connectivity index (χ1) is 14.9. The number of fused-ring (bicyclic) bond motifs is 3. The number of hydrogen-bond acceptors (Lipinski definition) is 5. The first-order valence-corrected chi connectivity index (χ1v) is 13.0. The molecule has 31 heavy (non-hydrogen) atoms. The van der Waals surface area contributed by atoms with Crippen LogP contribution in [-0.4, -0.2) is 72.9 Å². The Morgan fingerprint density at radius 1 is 1.13 bits per heavy atom. The van der Waals surface area contributed by atoms with Gasteiger partial charge in [0.2, 0.25) is 15.9 Å². The fourth-order valence-corrected chi connectivity index (χ4v) is 7.69. The maximum absolute atomic E-state index is 13.1. The highest BCUT2D eigenvalue weighted by atomic mass is 32.2. The van der Waals surface area contributed by atoms with Gasteiger partial charge in [-0.25, -0.2) is 8.42 Å². The number of benzene rings is 1. The predicted molar refractivity (Wildman–Crippen MR) is 117 cm³/mol. The summed E-state index contributed by atoms with van der Waals surface area (Å²) in [6.45, 7) is 2.63. The summed E-state index contributed by atoms with van der Waals surface area (Å²) in [5.41, 5.74) is 2.16. The van der Waals surface area contributed by atoms with Crippen LogP contribution in [0.3, 0.4) is 0 Å². The van der Waals surface area contributed by atoms with Crippen molar-refractivity contribution in [3.63, 3.8) is 0 Å². The molecule has 0 radical (unpaired) electrons. The fourth-order valence-electron chi connectivity index (χ4n) is 5.70. The number of nitrogens with one attached hydrogen (secondary N) is 2. The molecule has 2 N–H and O–H groups in total. The smallest absolute Gasteiger partial charge is 0.251 e. The number of rotatable bonds is 6. The quantitative estimate of drug-likeness (QED) is 0.687. The Labute approximate surface area is 183 Å². The van der Waals surface area contributed by atoms with Crippen molar-refractivity contribution in [2.24, 2.45) is 0 Å². The highest BCUT2D eigenvalue weighted by Crippen LogP contribution is 2.38. The van der Waals surface area contributed by atoms with Crippen LogP contribution in [0, 0.1) is 0 Å². The Morgan fingerprint density at radius 2 is 1.84 bits per heavy atom. The maximum Gasteiger partial charge on any atom is 0.251 e. The summed E-state index contributed by atoms with van der Waals surface area (Å²) in [6.07, 6.45) is 5.68. The van der Waals surface area contributed by atoms with Crippen molar-refractivity contribution in [3.05, 3.63) is 29.3 Å². The summed E-state index contributed by atoms with van der Waals surface area (Å²) < 4.78 is 27.9. The van der Waals surface area contributed by atoms with E-state index in [2.05, 4.69) is 15.5 Å². The van der Waals surface area contributed by atoms with Gasteiger partial charge in [-0.3, -0.25) is 9.59 Å². The van der Waals surface area contributed by atoms with Crippen LogP contribution in [0.2, 0.25) is 0 Å². The van der Waals surface area contributed by atoms with Crippen LogP contribution in [0.5, 0.6) is 0 Å². The van der Waals surface area contributed by atoms with Gasteiger partial charge < -0.3 is 15.5 Å². The van der Waals surface area contributed by atoms with E-state index in [4.69, 9.17) is 0 Å². The predicted octanol–water partition coefficient (Wildman–Crippen LogP) is 1.33. The van der Waals surface area contributed by atoms with Crippen LogP contribution < -0.4 is 10.6 Å². The van der Waals surface area contributed by atoms with Gasteiger partial charge in [-0.2, -0.15) is 4.31 Å². The Bertz CT molecular complexity index is 975. The molecule has 9 heteroatoms. The van der Waals surface area contributed by atoms with Crippen LogP contribution >= 0.6 is 0 Å². The molecule has 4 aliphatic rings. The van der Waals surface area contributed by atoms with E-state index in [9.17, 15) is 18.0 Å². The van der Waals surface area contributed by atoms with Crippen LogP contribution in [0.25, 0.3) is 0 Å². The van der Waals surface area contributed by atoms with Gasteiger partial charge in [0.25, 0.3) is 5.91 Å². The molecule has 3 fully saturated rings. The summed E-state index contributed by atoms with van der Waals surface area (Å²) in [5.74, 6) is -0.0156. The monoisotopic (exact) mass is 446 g/mol. The minimum atomic E-state index is -3.28. The zero-order valence-electron chi connectivity index (χ0n) is 17.7. The van der Waals surface area contributed by atoms with Gasteiger partial charge in [-0.1, -0.05) is 0 Å². The van der Waals surface area contributed by atoms with Crippen molar-refractivity contribution in [2.75, 3.05) is 30.7 Å². The first kappa shape index (κ1) is 20.9. The van der Waals surface area contributed by atoms with Gasteiger partial charge in [0.05, 0.1) is 12.2 Å². The van der Waals surface area contributed by atoms with Gasteiger partial charge in [-0.05, 0) is 75.4 Å². The zero-order valence-corrected chi connectivity index (χ0v) is 18.5. The topological polar surface area (TPSA) is 98.8 Å². The van der Waals surface area contributed by atoms with Gasteiger partial charge in [-0.15, -0.1) is 0 Å². The van der Waals surface area contributed by atoms with Crippen LogP contribution in [0.4, 0.5) is 5.69 Å². The van der Waals surface area contributed by atoms with Gasteiger partial charge >= 0.3 is 0 Å². The molecule has 0 spiro atoms. The molecule has 2 bridgehead atoms. The largest absolute Gasteiger partial charge is 0.349 e. The van der Waals surface area contributed by atoms with E-state index < -0.39 is 10.0 Å². The fraction of sp³-hybridized carbons (Fsp3) is 0.636. The molecule has 3 atom stereocenters. The number of nitrogens with zero attached hydrogens (tertiary/aromatic N) is 2. The lowest BCUT2D eigenvalue weighted by Gasteiger charge is -2.38. The number of sulfonamides is 1. The van der Waals surface area contributed by atoms with Crippen molar-refractivity contribution in [3.8, 4) is 0 Å². The zero-order chi connectivity index (χ0) is 21.6. The van der Waals surface area contributed by atoms with Gasteiger partial charge in [0.15, 0.2) is 0 Å². The third-order valence-corrected chi connectivity index (χ3v) is 9.12. The molecule has 4 heterocycles. The molecule has 3 saturated heterocycles. The maximum atomic E-state index is 13.1. The van der Waals surface area contributed by atoms with Gasteiger partial charge in [0.1, 0.15) is 0 Å². The minimum Gasteiger partial charge on any atom is -0.349 e. The lowest BCUT2D eigenvalue weighted by atomic mass is 9.99. The number of hydrogen-bond donors (Lipinski definition) is 2. The second-order valence-electron chi connectivity index (χ2n) is 9.32. The summed E-state index contributed by atoms with van der Waals surface area (Å²) in [6, 6.07) is 5.21. The lowest BCUT2D eigenvalue weighted by molar-refractivity contribution is -0.115. The Morgan fingerprint density at radius 3 is 2.55 bits per heavy atom. The van der Waals surface area contributed by atoms with E-state index in [-0.39, 0.29) is 35.7 Å². The van der Waals surface area contributed by atoms with Crippen molar-refractivity contribution >= 4 is 27.5 Å². The molecule has 0 aromatic heterocycles.